The lowest BCUT2D eigenvalue weighted by Gasteiger charge is -2.20. The van der Waals surface area contributed by atoms with Crippen molar-refractivity contribution in [2.45, 2.75) is 18.3 Å². The van der Waals surface area contributed by atoms with Crippen LogP contribution in [0, 0.1) is 0 Å². The van der Waals surface area contributed by atoms with Crippen LogP contribution in [0.25, 0.3) is 0 Å². The fourth-order valence-electron chi connectivity index (χ4n) is 0.700. The molecule has 0 aliphatic rings. The number of nitrogens with zero attached hydrogens (tertiary/aromatic N) is 1. The van der Waals surface area contributed by atoms with Gasteiger partial charge in [0.2, 0.25) is 0 Å². The van der Waals surface area contributed by atoms with Gasteiger partial charge in [-0.25, -0.2) is 0 Å². The lowest BCUT2D eigenvalue weighted by Crippen LogP contribution is -2.44. The quantitative estimate of drug-likeness (QED) is 0.156. The third kappa shape index (κ3) is 3.25. The molecule has 3 atom stereocenters. The van der Waals surface area contributed by atoms with E-state index in [0.717, 1.165) is 0 Å². The van der Waals surface area contributed by atoms with E-state index >= 15 is 0 Å². The van der Waals surface area contributed by atoms with Gasteiger partial charge in [-0.2, -0.15) is 0 Å². The Balaban J connectivity index is 4.31. The Morgan fingerprint density at radius 3 is 2.00 bits per heavy atom. The fourth-order valence-corrected chi connectivity index (χ4v) is 0.700. The van der Waals surface area contributed by atoms with Crippen LogP contribution in [0.5, 0.6) is 0 Å². The second kappa shape index (κ2) is 5.84. The molecule has 0 saturated carbocycles. The zero-order chi connectivity index (χ0) is 10.4. The van der Waals surface area contributed by atoms with E-state index in [1.54, 1.807) is 0 Å². The van der Waals surface area contributed by atoms with Crippen molar-refractivity contribution in [1.29, 1.82) is 0 Å². The summed E-state index contributed by atoms with van der Waals surface area (Å²) in [5.41, 5.74) is -0.486. The molecule has 0 radical (unpaired) electrons. The van der Waals surface area contributed by atoms with Crippen LogP contribution in [0.1, 0.15) is 0 Å². The van der Waals surface area contributed by atoms with Crippen molar-refractivity contribution in [2.24, 2.45) is 5.16 Å². The lowest BCUT2D eigenvalue weighted by atomic mass is 10.0. The van der Waals surface area contributed by atoms with Crippen LogP contribution in [0.3, 0.4) is 0 Å². The molecule has 0 aliphatic carbocycles. The van der Waals surface area contributed by atoms with Crippen LogP contribution in [0.15, 0.2) is 5.16 Å². The maximum atomic E-state index is 9.11. The molecule has 7 nitrogen and oxygen atoms in total. The third-order valence-corrected chi connectivity index (χ3v) is 1.54. The summed E-state index contributed by atoms with van der Waals surface area (Å²) < 4.78 is 0. The van der Waals surface area contributed by atoms with E-state index in [1.165, 1.54) is 0 Å². The summed E-state index contributed by atoms with van der Waals surface area (Å²) in [6.07, 6.45) is -4.97. The molecule has 0 heterocycles. The molecule has 0 fully saturated rings. The van der Waals surface area contributed by atoms with Gasteiger partial charge in [0, 0.05) is 0 Å². The van der Waals surface area contributed by atoms with Crippen molar-refractivity contribution in [2.75, 3.05) is 13.2 Å². The van der Waals surface area contributed by atoms with Gasteiger partial charge in [-0.1, -0.05) is 5.16 Å². The maximum Gasteiger partial charge on any atom is 0.126 e. The molecule has 0 amide bonds. The van der Waals surface area contributed by atoms with E-state index in [2.05, 4.69) is 5.16 Å². The van der Waals surface area contributed by atoms with E-state index in [4.69, 9.17) is 30.7 Å². The van der Waals surface area contributed by atoms with Crippen LogP contribution < -0.4 is 0 Å². The van der Waals surface area contributed by atoms with Gasteiger partial charge in [0.1, 0.15) is 24.0 Å². The summed E-state index contributed by atoms with van der Waals surface area (Å²) in [4.78, 5) is 0. The average molecular weight is 195 g/mol. The fraction of sp³-hybridized carbons (Fsp3) is 0.833. The summed E-state index contributed by atoms with van der Waals surface area (Å²) >= 11 is 0. The molecule has 13 heavy (non-hydrogen) atoms. The second-order valence-corrected chi connectivity index (χ2v) is 2.43. The molecule has 78 valence electrons. The molecule has 0 aromatic carbocycles. The molecule has 0 aromatic rings. The van der Waals surface area contributed by atoms with Gasteiger partial charge in [-0.05, 0) is 0 Å². The van der Waals surface area contributed by atoms with E-state index < -0.39 is 37.2 Å². The van der Waals surface area contributed by atoms with Crippen molar-refractivity contribution in [3.8, 4) is 0 Å². The van der Waals surface area contributed by atoms with E-state index in [9.17, 15) is 0 Å². The Morgan fingerprint density at radius 2 is 1.69 bits per heavy atom. The van der Waals surface area contributed by atoms with Crippen LogP contribution in [0.4, 0.5) is 0 Å². The molecule has 0 saturated heterocycles. The van der Waals surface area contributed by atoms with Gasteiger partial charge in [-0.3, -0.25) is 0 Å². The molecule has 0 spiro atoms. The number of hydrogen-bond donors (Lipinski definition) is 6. The van der Waals surface area contributed by atoms with E-state index in [1.807, 2.05) is 0 Å². The highest BCUT2D eigenvalue weighted by molar-refractivity contribution is 5.89. The normalized spacial score (nSPS) is 19.6. The van der Waals surface area contributed by atoms with Gasteiger partial charge in [0.15, 0.2) is 0 Å². The Kier molecular flexibility index (Phi) is 5.51. The zero-order valence-corrected chi connectivity index (χ0v) is 6.78. The third-order valence-electron chi connectivity index (χ3n) is 1.54. The van der Waals surface area contributed by atoms with Crippen molar-refractivity contribution >= 4 is 5.71 Å². The summed E-state index contributed by atoms with van der Waals surface area (Å²) in [5.74, 6) is 0. The molecular weight excluding hydrogens is 182 g/mol. The highest BCUT2D eigenvalue weighted by atomic mass is 16.4. The SMILES string of the molecule is OC/C(=N\O)[C@@H](O)[C@H](O)[C@H](O)CO. The number of aliphatic hydroxyl groups is 5. The molecule has 7 heteroatoms. The van der Waals surface area contributed by atoms with Gasteiger partial charge in [0.25, 0.3) is 0 Å². The zero-order valence-electron chi connectivity index (χ0n) is 6.78. The highest BCUT2D eigenvalue weighted by Gasteiger charge is 2.28. The average Bonchev–Trinajstić information content (AvgIpc) is 2.17. The van der Waals surface area contributed by atoms with Gasteiger partial charge in [0.05, 0.1) is 13.2 Å². The van der Waals surface area contributed by atoms with Crippen molar-refractivity contribution in [3.05, 3.63) is 0 Å². The number of rotatable bonds is 5. The first-order chi connectivity index (χ1) is 6.08. The Morgan fingerprint density at radius 1 is 1.15 bits per heavy atom. The minimum atomic E-state index is -1.71. The minimum Gasteiger partial charge on any atom is -0.411 e. The molecule has 0 aliphatic heterocycles. The van der Waals surface area contributed by atoms with Crippen LogP contribution in [-0.2, 0) is 0 Å². The maximum absolute atomic E-state index is 9.11. The Hall–Kier alpha value is -0.730. The molecule has 0 unspecified atom stereocenters. The molecule has 6 N–H and O–H groups in total. The van der Waals surface area contributed by atoms with Crippen molar-refractivity contribution < 1.29 is 30.7 Å². The lowest BCUT2D eigenvalue weighted by molar-refractivity contribution is -0.0570. The Bertz CT molecular complexity index is 173. The van der Waals surface area contributed by atoms with E-state index in [0.29, 0.717) is 0 Å². The Labute approximate surface area is 74.2 Å². The second-order valence-electron chi connectivity index (χ2n) is 2.43. The smallest absolute Gasteiger partial charge is 0.126 e. The first-order valence-corrected chi connectivity index (χ1v) is 3.55. The number of aliphatic hydroxyl groups excluding tert-OH is 5. The number of oxime groups is 1. The summed E-state index contributed by atoms with van der Waals surface area (Å²) in [6.45, 7) is -1.50. The monoisotopic (exact) mass is 195 g/mol. The van der Waals surface area contributed by atoms with Crippen LogP contribution in [-0.4, -0.2) is 68.0 Å². The van der Waals surface area contributed by atoms with Crippen molar-refractivity contribution in [3.63, 3.8) is 0 Å². The number of hydrogen-bond acceptors (Lipinski definition) is 7. The largest absolute Gasteiger partial charge is 0.411 e. The van der Waals surface area contributed by atoms with Crippen molar-refractivity contribution in [1.82, 2.24) is 0 Å². The summed E-state index contributed by atoms with van der Waals surface area (Å²) in [5, 5.41) is 54.6. The predicted molar refractivity (Wildman–Crippen MR) is 41.4 cm³/mol. The standard InChI is InChI=1S/C6H13NO6/c8-1-3(7-13)5(11)6(12)4(10)2-9/h4-6,8-13H,1-2H2/b7-3+/t4-,5-,6-/m1/s1. The minimum absolute atomic E-state index is 0.486. The van der Waals surface area contributed by atoms with Gasteiger partial charge in [-0.15, -0.1) is 0 Å². The molecule has 0 bridgehead atoms. The predicted octanol–water partition coefficient (Wildman–Crippen LogP) is -3.12. The van der Waals surface area contributed by atoms with Crippen LogP contribution in [0.2, 0.25) is 0 Å². The first kappa shape index (κ1) is 12.3. The molecule has 0 rings (SSSR count). The van der Waals surface area contributed by atoms with Gasteiger partial charge < -0.3 is 30.7 Å². The highest BCUT2D eigenvalue weighted by Crippen LogP contribution is 2.02. The van der Waals surface area contributed by atoms with Gasteiger partial charge >= 0.3 is 0 Å². The summed E-state index contributed by atoms with van der Waals surface area (Å²) in [7, 11) is 0. The van der Waals surface area contributed by atoms with Crippen LogP contribution >= 0.6 is 0 Å². The molecular formula is C6H13NO6. The topological polar surface area (TPSA) is 134 Å². The molecule has 0 aromatic heterocycles. The first-order valence-electron chi connectivity index (χ1n) is 3.55. The summed E-state index contributed by atoms with van der Waals surface area (Å²) in [6, 6.07) is 0. The van der Waals surface area contributed by atoms with E-state index in [-0.39, 0.29) is 0 Å².